The molecule has 3 nitrogen and oxygen atoms in total. The van der Waals surface area contributed by atoms with Crippen LogP contribution in [0.3, 0.4) is 0 Å². The topological polar surface area (TPSA) is 34.4 Å². The lowest BCUT2D eigenvalue weighted by atomic mass is 10.1. The lowest BCUT2D eigenvalue weighted by molar-refractivity contribution is 0.113. The highest BCUT2D eigenvalue weighted by atomic mass is 16.5. The first kappa shape index (κ1) is 11.8. The Morgan fingerprint density at radius 1 is 1.33 bits per heavy atom. The molecule has 2 aromatic rings. The zero-order valence-electron chi connectivity index (χ0n) is 10.9. The van der Waals surface area contributed by atoms with Crippen LogP contribution in [0.4, 0.5) is 0 Å². The molecule has 1 N–H and O–H groups in total. The van der Waals surface area contributed by atoms with Crippen molar-refractivity contribution in [2.45, 2.75) is 39.0 Å². The van der Waals surface area contributed by atoms with Gasteiger partial charge in [-0.25, -0.2) is 0 Å². The molecule has 0 amide bonds. The van der Waals surface area contributed by atoms with E-state index in [0.717, 1.165) is 30.9 Å². The molecular weight excluding hydrogens is 226 g/mol. The van der Waals surface area contributed by atoms with Crippen LogP contribution < -0.4 is 5.32 Å². The molecule has 0 bridgehead atoms. The van der Waals surface area contributed by atoms with Gasteiger partial charge < -0.3 is 14.5 Å². The zero-order valence-corrected chi connectivity index (χ0v) is 10.9. The van der Waals surface area contributed by atoms with E-state index in [2.05, 4.69) is 24.4 Å². The van der Waals surface area contributed by atoms with Gasteiger partial charge in [0.25, 0.3) is 0 Å². The van der Waals surface area contributed by atoms with Crippen LogP contribution in [-0.2, 0) is 11.3 Å². The number of hydrogen-bond acceptors (Lipinski definition) is 3. The van der Waals surface area contributed by atoms with Crippen LogP contribution in [0.15, 0.2) is 28.7 Å². The minimum absolute atomic E-state index is 0.309. The molecule has 0 saturated carbocycles. The fourth-order valence-corrected chi connectivity index (χ4v) is 2.67. The molecule has 3 heteroatoms. The molecule has 0 aliphatic carbocycles. The number of rotatable bonds is 3. The Morgan fingerprint density at radius 2 is 2.17 bits per heavy atom. The molecule has 96 valence electrons. The molecule has 1 aromatic heterocycles. The van der Waals surface area contributed by atoms with E-state index < -0.39 is 0 Å². The summed E-state index contributed by atoms with van der Waals surface area (Å²) in [6, 6.07) is 8.67. The molecule has 0 radical (unpaired) electrons. The van der Waals surface area contributed by atoms with Gasteiger partial charge in [-0.05, 0) is 26.3 Å². The van der Waals surface area contributed by atoms with Gasteiger partial charge >= 0.3 is 0 Å². The fourth-order valence-electron chi connectivity index (χ4n) is 2.67. The second kappa shape index (κ2) is 4.75. The molecule has 0 spiro atoms. The molecular formula is C15H19NO2. The van der Waals surface area contributed by atoms with E-state index in [1.54, 1.807) is 0 Å². The molecule has 1 fully saturated rings. The molecule has 1 saturated heterocycles. The summed E-state index contributed by atoms with van der Waals surface area (Å²) in [6.07, 6.45) is 1.40. The molecule has 3 rings (SSSR count). The first-order chi connectivity index (χ1) is 8.75. The van der Waals surface area contributed by atoms with Crippen LogP contribution in [-0.4, -0.2) is 18.8 Å². The third-order valence-corrected chi connectivity index (χ3v) is 3.82. The Kier molecular flexibility index (Phi) is 3.10. The first-order valence-corrected chi connectivity index (χ1v) is 6.57. The molecule has 18 heavy (non-hydrogen) atoms. The van der Waals surface area contributed by atoms with Gasteiger partial charge in [0.2, 0.25) is 0 Å². The molecule has 2 atom stereocenters. The number of aryl methyl sites for hydroxylation is 1. The van der Waals surface area contributed by atoms with Crippen molar-refractivity contribution in [3.8, 4) is 0 Å². The van der Waals surface area contributed by atoms with Crippen molar-refractivity contribution < 1.29 is 9.15 Å². The maximum atomic E-state index is 5.77. The van der Waals surface area contributed by atoms with Crippen LogP contribution in [0.5, 0.6) is 0 Å². The fraction of sp³-hybridized carbons (Fsp3) is 0.467. The predicted octanol–water partition coefficient (Wildman–Crippen LogP) is 3.01. The highest BCUT2D eigenvalue weighted by Crippen LogP contribution is 2.25. The molecule has 2 heterocycles. The van der Waals surface area contributed by atoms with Gasteiger partial charge in [-0.1, -0.05) is 18.2 Å². The monoisotopic (exact) mass is 245 g/mol. The number of benzene rings is 1. The van der Waals surface area contributed by atoms with E-state index in [-0.39, 0.29) is 0 Å². The summed E-state index contributed by atoms with van der Waals surface area (Å²) in [5, 5.41) is 4.80. The van der Waals surface area contributed by atoms with Crippen LogP contribution in [0.2, 0.25) is 0 Å². The van der Waals surface area contributed by atoms with Crippen LogP contribution >= 0.6 is 0 Å². The summed E-state index contributed by atoms with van der Waals surface area (Å²) < 4.78 is 11.3. The number of hydrogen-bond donors (Lipinski definition) is 1. The lowest BCUT2D eigenvalue weighted by Crippen LogP contribution is -2.34. The van der Waals surface area contributed by atoms with E-state index in [1.165, 1.54) is 10.9 Å². The SMILES string of the molecule is Cc1oc2ccccc2c1CNC1CCOC1C. The van der Waals surface area contributed by atoms with Gasteiger partial charge in [0.1, 0.15) is 11.3 Å². The van der Waals surface area contributed by atoms with Crippen LogP contribution in [0, 0.1) is 6.92 Å². The van der Waals surface area contributed by atoms with Crippen molar-refractivity contribution in [3.05, 3.63) is 35.6 Å². The smallest absolute Gasteiger partial charge is 0.134 e. The van der Waals surface area contributed by atoms with E-state index >= 15 is 0 Å². The summed E-state index contributed by atoms with van der Waals surface area (Å²) in [6.45, 7) is 5.88. The summed E-state index contributed by atoms with van der Waals surface area (Å²) >= 11 is 0. The Balaban J connectivity index is 1.80. The normalized spacial score (nSPS) is 23.9. The van der Waals surface area contributed by atoms with E-state index in [4.69, 9.17) is 9.15 Å². The molecule has 1 aliphatic rings. The van der Waals surface area contributed by atoms with Gasteiger partial charge in [-0.2, -0.15) is 0 Å². The van der Waals surface area contributed by atoms with Crippen LogP contribution in [0.1, 0.15) is 24.7 Å². The largest absolute Gasteiger partial charge is 0.461 e. The Bertz CT molecular complexity index is 546. The number of ether oxygens (including phenoxy) is 1. The minimum Gasteiger partial charge on any atom is -0.461 e. The summed E-state index contributed by atoms with van der Waals surface area (Å²) in [5.41, 5.74) is 2.24. The molecule has 1 aliphatic heterocycles. The predicted molar refractivity (Wildman–Crippen MR) is 71.6 cm³/mol. The third kappa shape index (κ3) is 2.04. The van der Waals surface area contributed by atoms with Gasteiger partial charge in [0, 0.05) is 30.1 Å². The quantitative estimate of drug-likeness (QED) is 0.902. The highest BCUT2D eigenvalue weighted by Gasteiger charge is 2.24. The van der Waals surface area contributed by atoms with Crippen molar-refractivity contribution in [3.63, 3.8) is 0 Å². The summed E-state index contributed by atoms with van der Waals surface area (Å²) in [5.74, 6) is 1.01. The summed E-state index contributed by atoms with van der Waals surface area (Å²) in [7, 11) is 0. The van der Waals surface area contributed by atoms with Crippen LogP contribution in [0.25, 0.3) is 11.0 Å². The minimum atomic E-state index is 0.309. The van der Waals surface area contributed by atoms with Gasteiger partial charge in [0.05, 0.1) is 6.10 Å². The third-order valence-electron chi connectivity index (χ3n) is 3.82. The Morgan fingerprint density at radius 3 is 2.94 bits per heavy atom. The van der Waals surface area contributed by atoms with E-state index in [1.807, 2.05) is 19.1 Å². The summed E-state index contributed by atoms with van der Waals surface area (Å²) in [4.78, 5) is 0. The van der Waals surface area contributed by atoms with E-state index in [0.29, 0.717) is 12.1 Å². The van der Waals surface area contributed by atoms with Crippen molar-refractivity contribution in [1.29, 1.82) is 0 Å². The number of furan rings is 1. The average Bonchev–Trinajstić information content (AvgIpc) is 2.90. The van der Waals surface area contributed by atoms with Crippen molar-refractivity contribution in [2.75, 3.05) is 6.61 Å². The highest BCUT2D eigenvalue weighted by molar-refractivity contribution is 5.82. The van der Waals surface area contributed by atoms with E-state index in [9.17, 15) is 0 Å². The lowest BCUT2D eigenvalue weighted by Gasteiger charge is -2.15. The second-order valence-electron chi connectivity index (χ2n) is 4.98. The van der Waals surface area contributed by atoms with Crippen molar-refractivity contribution >= 4 is 11.0 Å². The first-order valence-electron chi connectivity index (χ1n) is 6.57. The maximum Gasteiger partial charge on any atom is 0.134 e. The van der Waals surface area contributed by atoms with Crippen molar-refractivity contribution in [2.24, 2.45) is 0 Å². The van der Waals surface area contributed by atoms with Gasteiger partial charge in [-0.15, -0.1) is 0 Å². The maximum absolute atomic E-state index is 5.77. The van der Waals surface area contributed by atoms with Gasteiger partial charge in [0.15, 0.2) is 0 Å². The molecule has 1 aromatic carbocycles. The number of para-hydroxylation sites is 1. The number of fused-ring (bicyclic) bond motifs is 1. The Labute approximate surface area is 107 Å². The molecule has 2 unspecified atom stereocenters. The standard InChI is InChI=1S/C15H19NO2/c1-10-13(9-16-14-7-8-17-11(14)2)12-5-3-4-6-15(12)18-10/h3-6,11,14,16H,7-9H2,1-2H3. The van der Waals surface area contributed by atoms with Crippen molar-refractivity contribution in [1.82, 2.24) is 5.32 Å². The number of nitrogens with one attached hydrogen (secondary N) is 1. The zero-order chi connectivity index (χ0) is 12.5. The van der Waals surface area contributed by atoms with Gasteiger partial charge in [-0.3, -0.25) is 0 Å². The second-order valence-corrected chi connectivity index (χ2v) is 4.98. The Hall–Kier alpha value is -1.32. The average molecular weight is 245 g/mol.